The van der Waals surface area contributed by atoms with Crippen LogP contribution in [0.25, 0.3) is 17.2 Å². The predicted molar refractivity (Wildman–Crippen MR) is 86.8 cm³/mol. The molecular formula is C15H13N9O2. The highest BCUT2D eigenvalue weighted by Gasteiger charge is 2.18. The Bertz CT molecular complexity index is 1010. The van der Waals surface area contributed by atoms with E-state index in [4.69, 9.17) is 4.52 Å². The molecule has 4 heterocycles. The Balaban J connectivity index is 1.46. The number of nitrogens with one attached hydrogen (secondary N) is 1. The van der Waals surface area contributed by atoms with E-state index in [1.165, 1.54) is 15.9 Å². The lowest BCUT2D eigenvalue weighted by Gasteiger charge is -2.13. The molecule has 1 amide bonds. The van der Waals surface area contributed by atoms with Crippen molar-refractivity contribution in [2.75, 3.05) is 7.05 Å². The number of nitrogens with zero attached hydrogens (tertiary/aromatic N) is 8. The van der Waals surface area contributed by atoms with Gasteiger partial charge in [-0.15, -0.1) is 5.10 Å². The molecule has 0 aliphatic heterocycles. The van der Waals surface area contributed by atoms with Gasteiger partial charge in [-0.1, -0.05) is 11.2 Å². The lowest BCUT2D eigenvalue weighted by molar-refractivity contribution is 0.0766. The van der Waals surface area contributed by atoms with E-state index in [-0.39, 0.29) is 12.5 Å². The maximum Gasteiger partial charge on any atom is 0.272 e. The van der Waals surface area contributed by atoms with Gasteiger partial charge in [-0.05, 0) is 22.6 Å². The SMILES string of the molecule is CN(Cc1cc(-c2ccccn2)no1)C(=O)c1cc(-n2cnnn2)n[nH]1. The Labute approximate surface area is 146 Å². The third-order valence-corrected chi connectivity index (χ3v) is 3.60. The molecular weight excluding hydrogens is 338 g/mol. The summed E-state index contributed by atoms with van der Waals surface area (Å²) >= 11 is 0. The van der Waals surface area contributed by atoms with Crippen molar-refractivity contribution >= 4 is 5.91 Å². The minimum absolute atomic E-state index is 0.248. The molecule has 0 aliphatic rings. The van der Waals surface area contributed by atoms with Gasteiger partial charge in [0, 0.05) is 25.4 Å². The molecule has 0 radical (unpaired) electrons. The molecule has 0 unspecified atom stereocenters. The molecule has 26 heavy (non-hydrogen) atoms. The zero-order valence-electron chi connectivity index (χ0n) is 13.6. The topological polar surface area (TPSA) is 132 Å². The van der Waals surface area contributed by atoms with Crippen molar-refractivity contribution < 1.29 is 9.32 Å². The molecule has 0 saturated carbocycles. The smallest absolute Gasteiger partial charge is 0.272 e. The second-order valence-electron chi connectivity index (χ2n) is 5.45. The summed E-state index contributed by atoms with van der Waals surface area (Å²) in [5, 5.41) is 21.5. The van der Waals surface area contributed by atoms with Gasteiger partial charge in [0.1, 0.15) is 17.7 Å². The first-order valence-electron chi connectivity index (χ1n) is 7.62. The van der Waals surface area contributed by atoms with Crippen LogP contribution >= 0.6 is 0 Å². The molecule has 4 aromatic heterocycles. The van der Waals surface area contributed by atoms with E-state index < -0.39 is 0 Å². The van der Waals surface area contributed by atoms with E-state index in [0.717, 1.165) is 0 Å². The van der Waals surface area contributed by atoms with Crippen molar-refractivity contribution in [3.05, 3.63) is 54.3 Å². The number of carbonyl (C=O) groups excluding carboxylic acids is 1. The summed E-state index contributed by atoms with van der Waals surface area (Å²) in [6.07, 6.45) is 3.07. The van der Waals surface area contributed by atoms with Gasteiger partial charge in [0.15, 0.2) is 11.6 Å². The first-order chi connectivity index (χ1) is 12.7. The summed E-state index contributed by atoms with van der Waals surface area (Å²) in [6, 6.07) is 8.85. The summed E-state index contributed by atoms with van der Waals surface area (Å²) in [4.78, 5) is 18.2. The molecule has 0 aromatic carbocycles. The van der Waals surface area contributed by atoms with Gasteiger partial charge in [0.25, 0.3) is 5.91 Å². The molecule has 0 fully saturated rings. The Morgan fingerprint density at radius 1 is 1.31 bits per heavy atom. The van der Waals surface area contributed by atoms with E-state index in [1.807, 2.05) is 18.2 Å². The molecule has 0 aliphatic carbocycles. The van der Waals surface area contributed by atoms with E-state index >= 15 is 0 Å². The highest BCUT2D eigenvalue weighted by atomic mass is 16.5. The number of hydrogen-bond acceptors (Lipinski definition) is 8. The van der Waals surface area contributed by atoms with Crippen molar-refractivity contribution in [2.45, 2.75) is 6.54 Å². The third-order valence-electron chi connectivity index (χ3n) is 3.60. The number of H-pyrrole nitrogens is 1. The van der Waals surface area contributed by atoms with Crippen molar-refractivity contribution in [1.29, 1.82) is 0 Å². The van der Waals surface area contributed by atoms with Crippen LogP contribution in [0.15, 0.2) is 47.4 Å². The molecule has 0 bridgehead atoms. The molecule has 11 nitrogen and oxygen atoms in total. The van der Waals surface area contributed by atoms with Crippen LogP contribution in [0.4, 0.5) is 0 Å². The van der Waals surface area contributed by atoms with E-state index in [9.17, 15) is 4.79 Å². The predicted octanol–water partition coefficient (Wildman–Crippen LogP) is 0.708. The number of tetrazole rings is 1. The molecule has 11 heteroatoms. The maximum atomic E-state index is 12.5. The van der Waals surface area contributed by atoms with Crippen molar-refractivity contribution in [1.82, 2.24) is 45.4 Å². The minimum atomic E-state index is -0.257. The Morgan fingerprint density at radius 3 is 3.00 bits per heavy atom. The summed E-state index contributed by atoms with van der Waals surface area (Å²) in [6.45, 7) is 0.248. The van der Waals surface area contributed by atoms with Crippen molar-refractivity contribution in [3.63, 3.8) is 0 Å². The van der Waals surface area contributed by atoms with Crippen molar-refractivity contribution in [3.8, 4) is 17.2 Å². The number of hydrogen-bond donors (Lipinski definition) is 1. The second-order valence-corrected chi connectivity index (χ2v) is 5.45. The summed E-state index contributed by atoms with van der Waals surface area (Å²) < 4.78 is 6.65. The van der Waals surface area contributed by atoms with Crippen LogP contribution in [-0.2, 0) is 6.54 Å². The third kappa shape index (κ3) is 3.05. The summed E-state index contributed by atoms with van der Waals surface area (Å²) in [5.41, 5.74) is 1.63. The van der Waals surface area contributed by atoms with E-state index in [0.29, 0.717) is 28.7 Å². The monoisotopic (exact) mass is 351 g/mol. The normalized spacial score (nSPS) is 10.8. The van der Waals surface area contributed by atoms with Crippen LogP contribution in [-0.4, -0.2) is 58.4 Å². The van der Waals surface area contributed by atoms with Gasteiger partial charge < -0.3 is 9.42 Å². The largest absolute Gasteiger partial charge is 0.359 e. The summed E-state index contributed by atoms with van der Waals surface area (Å²) in [7, 11) is 1.66. The van der Waals surface area contributed by atoms with Crippen LogP contribution < -0.4 is 0 Å². The van der Waals surface area contributed by atoms with Gasteiger partial charge in [-0.3, -0.25) is 14.9 Å². The molecule has 4 rings (SSSR count). The first kappa shape index (κ1) is 15.6. The maximum absolute atomic E-state index is 12.5. The standard InChI is InChI=1S/C15H13N9O2/c1-23(8-10-6-12(20-26-10)11-4-2-3-5-16-11)15(25)13-7-14(19-18-13)24-9-17-21-22-24/h2-7,9H,8H2,1H3,(H,18,19). The van der Waals surface area contributed by atoms with Gasteiger partial charge in [0.05, 0.1) is 12.2 Å². The van der Waals surface area contributed by atoms with Crippen LogP contribution in [0.2, 0.25) is 0 Å². The quantitative estimate of drug-likeness (QED) is 0.556. The fourth-order valence-electron chi connectivity index (χ4n) is 2.34. The zero-order valence-corrected chi connectivity index (χ0v) is 13.6. The lowest BCUT2D eigenvalue weighted by atomic mass is 10.2. The number of carbonyl (C=O) groups is 1. The lowest BCUT2D eigenvalue weighted by Crippen LogP contribution is -2.26. The van der Waals surface area contributed by atoms with Crippen LogP contribution in [0.3, 0.4) is 0 Å². The molecule has 0 atom stereocenters. The Morgan fingerprint density at radius 2 is 2.23 bits per heavy atom. The fourth-order valence-corrected chi connectivity index (χ4v) is 2.34. The second kappa shape index (κ2) is 6.55. The van der Waals surface area contributed by atoms with Crippen LogP contribution in [0.1, 0.15) is 16.2 Å². The first-order valence-corrected chi connectivity index (χ1v) is 7.62. The average molecular weight is 351 g/mol. The number of aromatic nitrogens is 8. The average Bonchev–Trinajstić information content (AvgIpc) is 3.42. The highest BCUT2D eigenvalue weighted by molar-refractivity contribution is 5.92. The van der Waals surface area contributed by atoms with E-state index in [1.54, 1.807) is 25.4 Å². The zero-order chi connectivity index (χ0) is 17.9. The highest BCUT2D eigenvalue weighted by Crippen LogP contribution is 2.17. The molecule has 4 aromatic rings. The van der Waals surface area contributed by atoms with Crippen molar-refractivity contribution in [2.24, 2.45) is 0 Å². The summed E-state index contributed by atoms with van der Waals surface area (Å²) in [5.74, 6) is 0.707. The van der Waals surface area contributed by atoms with Crippen LogP contribution in [0.5, 0.6) is 0 Å². The fraction of sp³-hybridized carbons (Fsp3) is 0.133. The minimum Gasteiger partial charge on any atom is -0.359 e. The molecule has 130 valence electrons. The van der Waals surface area contributed by atoms with Gasteiger partial charge in [0.2, 0.25) is 0 Å². The molecule has 1 N–H and O–H groups in total. The number of rotatable bonds is 5. The van der Waals surface area contributed by atoms with Gasteiger partial charge >= 0.3 is 0 Å². The number of pyridine rings is 1. The number of amides is 1. The molecule has 0 spiro atoms. The molecule has 0 saturated heterocycles. The van der Waals surface area contributed by atoms with Crippen LogP contribution in [0, 0.1) is 0 Å². The Kier molecular flexibility index (Phi) is 3.94. The van der Waals surface area contributed by atoms with Gasteiger partial charge in [-0.25, -0.2) is 0 Å². The van der Waals surface area contributed by atoms with E-state index in [2.05, 4.69) is 35.9 Å². The number of aromatic amines is 1. The Hall–Kier alpha value is -3.89. The van der Waals surface area contributed by atoms with Gasteiger partial charge in [-0.2, -0.15) is 9.78 Å².